The second-order valence-corrected chi connectivity index (χ2v) is 7.68. The highest BCUT2D eigenvalue weighted by molar-refractivity contribution is 5.96. The second kappa shape index (κ2) is 11.3. The van der Waals surface area contributed by atoms with Crippen LogP contribution in [0.2, 0.25) is 0 Å². The molecule has 2 aliphatic rings. The third-order valence-electron chi connectivity index (χ3n) is 5.66. The SMILES string of the molecule is COc1ccc(NC(=O)CCC2CCNC2)cc1NC(=O)C1CCCCC1.Cl. The number of amides is 2. The maximum atomic E-state index is 12.6. The Labute approximate surface area is 173 Å². The normalized spacial score (nSPS) is 19.5. The summed E-state index contributed by atoms with van der Waals surface area (Å²) in [4.78, 5) is 24.8. The summed E-state index contributed by atoms with van der Waals surface area (Å²) >= 11 is 0. The Hall–Kier alpha value is -1.79. The van der Waals surface area contributed by atoms with Crippen molar-refractivity contribution in [1.29, 1.82) is 0 Å². The molecule has 1 heterocycles. The lowest BCUT2D eigenvalue weighted by molar-refractivity contribution is -0.120. The Morgan fingerprint density at radius 2 is 1.93 bits per heavy atom. The molecule has 7 heteroatoms. The van der Waals surface area contributed by atoms with Crippen molar-refractivity contribution in [1.82, 2.24) is 5.32 Å². The predicted molar refractivity (Wildman–Crippen MR) is 114 cm³/mol. The minimum absolute atomic E-state index is 0. The van der Waals surface area contributed by atoms with Crippen molar-refractivity contribution in [2.45, 2.75) is 51.4 Å². The van der Waals surface area contributed by atoms with Crippen molar-refractivity contribution in [3.63, 3.8) is 0 Å². The van der Waals surface area contributed by atoms with Crippen LogP contribution in [0.4, 0.5) is 11.4 Å². The van der Waals surface area contributed by atoms with Gasteiger partial charge in [0.05, 0.1) is 12.8 Å². The van der Waals surface area contributed by atoms with Crippen LogP contribution >= 0.6 is 12.4 Å². The molecule has 0 bridgehead atoms. The zero-order chi connectivity index (χ0) is 19.1. The molecule has 3 rings (SSSR count). The molecule has 0 spiro atoms. The predicted octanol–water partition coefficient (Wildman–Crippen LogP) is 3.96. The van der Waals surface area contributed by atoms with Crippen LogP contribution in [-0.2, 0) is 9.59 Å². The molecule has 28 heavy (non-hydrogen) atoms. The summed E-state index contributed by atoms with van der Waals surface area (Å²) in [7, 11) is 1.58. The molecule has 1 unspecified atom stereocenters. The lowest BCUT2D eigenvalue weighted by atomic mass is 9.88. The Morgan fingerprint density at radius 1 is 1.14 bits per heavy atom. The van der Waals surface area contributed by atoms with Crippen LogP contribution in [-0.4, -0.2) is 32.0 Å². The molecule has 2 fully saturated rings. The van der Waals surface area contributed by atoms with E-state index in [1.165, 1.54) is 6.42 Å². The average molecular weight is 410 g/mol. The number of carbonyl (C=O) groups excluding carboxylic acids is 2. The molecule has 1 saturated carbocycles. The standard InChI is InChI=1S/C21H31N3O3.ClH/c1-27-19-9-8-17(23-20(25)10-7-15-11-12-22-14-15)13-18(19)24-21(26)16-5-3-2-4-6-16;/h8-9,13,15-16,22H,2-7,10-12,14H2,1H3,(H,23,25)(H,24,26);1H. The smallest absolute Gasteiger partial charge is 0.227 e. The second-order valence-electron chi connectivity index (χ2n) is 7.68. The summed E-state index contributed by atoms with van der Waals surface area (Å²) < 4.78 is 5.37. The Morgan fingerprint density at radius 3 is 2.61 bits per heavy atom. The summed E-state index contributed by atoms with van der Waals surface area (Å²) in [6, 6.07) is 5.38. The van der Waals surface area contributed by atoms with E-state index in [1.807, 2.05) is 6.07 Å². The third-order valence-corrected chi connectivity index (χ3v) is 5.66. The number of ether oxygens (including phenoxy) is 1. The highest BCUT2D eigenvalue weighted by atomic mass is 35.5. The molecule has 3 N–H and O–H groups in total. The van der Waals surface area contributed by atoms with E-state index in [-0.39, 0.29) is 30.1 Å². The quantitative estimate of drug-likeness (QED) is 0.636. The van der Waals surface area contributed by atoms with Crippen molar-refractivity contribution in [2.24, 2.45) is 11.8 Å². The summed E-state index contributed by atoms with van der Waals surface area (Å²) in [6.07, 6.45) is 7.89. The van der Waals surface area contributed by atoms with E-state index < -0.39 is 0 Å². The maximum absolute atomic E-state index is 12.6. The first kappa shape index (κ1) is 22.5. The molecule has 6 nitrogen and oxygen atoms in total. The van der Waals surface area contributed by atoms with Crippen LogP contribution in [0.5, 0.6) is 5.75 Å². The summed E-state index contributed by atoms with van der Waals surface area (Å²) in [6.45, 7) is 2.06. The van der Waals surface area contributed by atoms with Gasteiger partial charge in [-0.3, -0.25) is 9.59 Å². The van der Waals surface area contributed by atoms with Crippen LogP contribution in [0.1, 0.15) is 51.4 Å². The van der Waals surface area contributed by atoms with Crippen LogP contribution in [0.25, 0.3) is 0 Å². The first-order valence-electron chi connectivity index (χ1n) is 10.1. The lowest BCUT2D eigenvalue weighted by Gasteiger charge is -2.21. The lowest BCUT2D eigenvalue weighted by Crippen LogP contribution is -2.25. The molecule has 156 valence electrons. The molecular formula is C21H32ClN3O3. The van der Waals surface area contributed by atoms with Gasteiger partial charge in [-0.1, -0.05) is 19.3 Å². The number of nitrogens with one attached hydrogen (secondary N) is 3. The maximum Gasteiger partial charge on any atom is 0.227 e. The number of hydrogen-bond donors (Lipinski definition) is 3. The van der Waals surface area contributed by atoms with Gasteiger partial charge in [-0.25, -0.2) is 0 Å². The van der Waals surface area contributed by atoms with E-state index in [1.54, 1.807) is 19.2 Å². The molecular weight excluding hydrogens is 378 g/mol. The molecule has 0 aromatic heterocycles. The van der Waals surface area contributed by atoms with Crippen molar-refractivity contribution in [3.05, 3.63) is 18.2 Å². The van der Waals surface area contributed by atoms with Gasteiger partial charge >= 0.3 is 0 Å². The number of rotatable bonds is 7. The molecule has 1 saturated heterocycles. The Bertz CT molecular complexity index is 656. The fraction of sp³-hybridized carbons (Fsp3) is 0.619. The van der Waals surface area contributed by atoms with Gasteiger partial charge in [0.2, 0.25) is 11.8 Å². The zero-order valence-electron chi connectivity index (χ0n) is 16.6. The van der Waals surface area contributed by atoms with Crippen LogP contribution < -0.4 is 20.7 Å². The summed E-state index contributed by atoms with van der Waals surface area (Å²) in [5.41, 5.74) is 1.30. The van der Waals surface area contributed by atoms with E-state index in [0.29, 0.717) is 29.5 Å². The number of methoxy groups -OCH3 is 1. The van der Waals surface area contributed by atoms with Gasteiger partial charge in [-0.05, 0) is 62.9 Å². The van der Waals surface area contributed by atoms with E-state index in [4.69, 9.17) is 4.74 Å². The third kappa shape index (κ3) is 6.38. The van der Waals surface area contributed by atoms with Gasteiger partial charge < -0.3 is 20.7 Å². The van der Waals surface area contributed by atoms with E-state index in [2.05, 4.69) is 16.0 Å². The highest BCUT2D eigenvalue weighted by Gasteiger charge is 2.22. The molecule has 1 aromatic carbocycles. The Kier molecular flexibility index (Phi) is 9.06. The zero-order valence-corrected chi connectivity index (χ0v) is 17.4. The van der Waals surface area contributed by atoms with E-state index in [9.17, 15) is 9.59 Å². The first-order chi connectivity index (χ1) is 13.2. The average Bonchev–Trinajstić information content (AvgIpc) is 3.21. The van der Waals surface area contributed by atoms with Gasteiger partial charge in [0.25, 0.3) is 0 Å². The summed E-state index contributed by atoms with van der Waals surface area (Å²) in [5, 5.41) is 9.27. The fourth-order valence-corrected chi connectivity index (χ4v) is 4.00. The Balaban J connectivity index is 0.00000280. The van der Waals surface area contributed by atoms with Crippen LogP contribution in [0, 0.1) is 11.8 Å². The van der Waals surface area contributed by atoms with Gasteiger partial charge in [-0.15, -0.1) is 12.4 Å². The minimum atomic E-state index is 0. The minimum Gasteiger partial charge on any atom is -0.495 e. The van der Waals surface area contributed by atoms with Gasteiger partial charge in [0.1, 0.15) is 5.75 Å². The largest absolute Gasteiger partial charge is 0.495 e. The van der Waals surface area contributed by atoms with Crippen molar-refractivity contribution < 1.29 is 14.3 Å². The van der Waals surface area contributed by atoms with Gasteiger partial charge in [0.15, 0.2) is 0 Å². The molecule has 1 atom stereocenters. The van der Waals surface area contributed by atoms with Crippen LogP contribution in [0.3, 0.4) is 0 Å². The number of benzene rings is 1. The highest BCUT2D eigenvalue weighted by Crippen LogP contribution is 2.30. The number of carbonyl (C=O) groups is 2. The number of hydrogen-bond acceptors (Lipinski definition) is 4. The van der Waals surface area contributed by atoms with Crippen LogP contribution in [0.15, 0.2) is 18.2 Å². The number of anilines is 2. The molecule has 1 aromatic rings. The van der Waals surface area contributed by atoms with Crippen molar-refractivity contribution in [2.75, 3.05) is 30.8 Å². The molecule has 2 amide bonds. The molecule has 1 aliphatic carbocycles. The monoisotopic (exact) mass is 409 g/mol. The van der Waals surface area contributed by atoms with E-state index >= 15 is 0 Å². The van der Waals surface area contributed by atoms with Crippen molar-refractivity contribution in [3.8, 4) is 5.75 Å². The van der Waals surface area contributed by atoms with Crippen molar-refractivity contribution >= 4 is 35.6 Å². The molecule has 1 aliphatic heterocycles. The number of halogens is 1. The topological polar surface area (TPSA) is 79.5 Å². The fourth-order valence-electron chi connectivity index (χ4n) is 4.00. The first-order valence-corrected chi connectivity index (χ1v) is 10.1. The van der Waals surface area contributed by atoms with Gasteiger partial charge in [0, 0.05) is 18.0 Å². The van der Waals surface area contributed by atoms with Gasteiger partial charge in [-0.2, -0.15) is 0 Å². The summed E-state index contributed by atoms with van der Waals surface area (Å²) in [5.74, 6) is 1.33. The van der Waals surface area contributed by atoms with E-state index in [0.717, 1.165) is 51.6 Å². The molecule has 0 radical (unpaired) electrons.